The van der Waals surface area contributed by atoms with Gasteiger partial charge < -0.3 is 9.47 Å². The molecule has 0 heterocycles. The van der Waals surface area contributed by atoms with Gasteiger partial charge in [-0.2, -0.15) is 0 Å². The number of rotatable bonds is 4. The summed E-state index contributed by atoms with van der Waals surface area (Å²) in [4.78, 5) is 24.2. The molecule has 18 heavy (non-hydrogen) atoms. The van der Waals surface area contributed by atoms with E-state index >= 15 is 0 Å². The molecule has 0 aliphatic heterocycles. The van der Waals surface area contributed by atoms with Crippen molar-refractivity contribution in [3.63, 3.8) is 0 Å². The molecule has 0 saturated heterocycles. The highest BCUT2D eigenvalue weighted by molar-refractivity contribution is 6.01. The Hall–Kier alpha value is -1.58. The normalized spacial score (nSPS) is 17.9. The van der Waals surface area contributed by atoms with E-state index in [4.69, 9.17) is 9.47 Å². The lowest BCUT2D eigenvalue weighted by atomic mass is 9.73. The fraction of sp³-hybridized carbons (Fsp3) is 0.571. The van der Waals surface area contributed by atoms with E-state index in [1.54, 1.807) is 13.8 Å². The first kappa shape index (κ1) is 14.5. The molecule has 0 spiro atoms. The Balaban J connectivity index is 3.07. The molecule has 0 fully saturated rings. The lowest BCUT2D eigenvalue weighted by Gasteiger charge is -2.32. The van der Waals surface area contributed by atoms with E-state index in [2.05, 4.69) is 6.58 Å². The summed E-state index contributed by atoms with van der Waals surface area (Å²) in [7, 11) is 0. The zero-order valence-corrected chi connectivity index (χ0v) is 11.2. The summed E-state index contributed by atoms with van der Waals surface area (Å²) >= 11 is 0. The number of carbonyl (C=O) groups excluding carboxylic acids is 2. The summed E-state index contributed by atoms with van der Waals surface area (Å²) < 4.78 is 10.1. The second kappa shape index (κ2) is 5.85. The first-order valence-corrected chi connectivity index (χ1v) is 6.17. The molecule has 0 bridgehead atoms. The Bertz CT molecular complexity index is 375. The number of ether oxygens (including phenoxy) is 2. The molecule has 0 amide bonds. The van der Waals surface area contributed by atoms with Gasteiger partial charge in [-0.1, -0.05) is 23.8 Å². The third-order valence-corrected chi connectivity index (χ3v) is 3.16. The van der Waals surface area contributed by atoms with Crippen LogP contribution in [0.2, 0.25) is 0 Å². The fourth-order valence-corrected chi connectivity index (χ4v) is 1.98. The largest absolute Gasteiger partial charge is 0.465 e. The number of allylic oxidation sites excluding steroid dienone is 3. The van der Waals surface area contributed by atoms with Gasteiger partial charge in [0, 0.05) is 0 Å². The molecular weight excluding hydrogens is 232 g/mol. The summed E-state index contributed by atoms with van der Waals surface area (Å²) in [5, 5.41) is 0. The van der Waals surface area contributed by atoms with Crippen LogP contribution in [-0.2, 0) is 19.1 Å². The molecule has 0 aromatic rings. The van der Waals surface area contributed by atoms with E-state index in [1.165, 1.54) is 0 Å². The molecule has 4 nitrogen and oxygen atoms in total. The average Bonchev–Trinajstić information content (AvgIpc) is 2.33. The lowest BCUT2D eigenvalue weighted by Crippen LogP contribution is -2.43. The number of esters is 2. The van der Waals surface area contributed by atoms with Crippen molar-refractivity contribution in [1.82, 2.24) is 0 Å². The van der Waals surface area contributed by atoms with Gasteiger partial charge in [-0.05, 0) is 33.6 Å². The van der Waals surface area contributed by atoms with Gasteiger partial charge in [0.1, 0.15) is 0 Å². The summed E-state index contributed by atoms with van der Waals surface area (Å²) in [6.07, 6.45) is 2.43. The molecule has 0 atom stereocenters. The molecule has 0 saturated carbocycles. The van der Waals surface area contributed by atoms with Gasteiger partial charge in [0.05, 0.1) is 13.2 Å². The van der Waals surface area contributed by atoms with E-state index < -0.39 is 17.4 Å². The summed E-state index contributed by atoms with van der Waals surface area (Å²) in [6, 6.07) is 0. The second-order valence-corrected chi connectivity index (χ2v) is 4.39. The monoisotopic (exact) mass is 252 g/mol. The van der Waals surface area contributed by atoms with Gasteiger partial charge in [-0.3, -0.25) is 9.59 Å². The van der Waals surface area contributed by atoms with E-state index in [-0.39, 0.29) is 19.6 Å². The van der Waals surface area contributed by atoms with Gasteiger partial charge in [-0.25, -0.2) is 0 Å². The van der Waals surface area contributed by atoms with E-state index in [0.717, 1.165) is 11.1 Å². The standard InChI is InChI=1S/C14H20O4/c1-5-17-12(15)14(13(16)18-6-2)8-7-10(3)11(4)9-14/h7H,4-6,8-9H2,1-3H3. The Morgan fingerprint density at radius 1 is 1.28 bits per heavy atom. The van der Waals surface area contributed by atoms with Crippen molar-refractivity contribution in [1.29, 1.82) is 0 Å². The molecular formula is C14H20O4. The van der Waals surface area contributed by atoms with E-state index in [1.807, 2.05) is 13.0 Å². The van der Waals surface area contributed by atoms with Crippen molar-refractivity contribution in [2.75, 3.05) is 13.2 Å². The third kappa shape index (κ3) is 2.63. The van der Waals surface area contributed by atoms with Crippen molar-refractivity contribution < 1.29 is 19.1 Å². The molecule has 0 aromatic carbocycles. The van der Waals surface area contributed by atoms with Gasteiger partial charge in [0.2, 0.25) is 0 Å². The Labute approximate surface area is 108 Å². The zero-order chi connectivity index (χ0) is 13.8. The highest BCUT2D eigenvalue weighted by Crippen LogP contribution is 2.40. The van der Waals surface area contributed by atoms with Crippen LogP contribution in [0, 0.1) is 5.41 Å². The fourth-order valence-electron chi connectivity index (χ4n) is 1.98. The molecule has 4 heteroatoms. The predicted octanol–water partition coefficient (Wildman–Crippen LogP) is 2.40. The van der Waals surface area contributed by atoms with Crippen LogP contribution < -0.4 is 0 Å². The molecule has 100 valence electrons. The molecule has 1 aliphatic carbocycles. The molecule has 0 radical (unpaired) electrons. The highest BCUT2D eigenvalue weighted by atomic mass is 16.6. The number of carbonyl (C=O) groups is 2. The maximum atomic E-state index is 12.1. The first-order valence-electron chi connectivity index (χ1n) is 6.17. The van der Waals surface area contributed by atoms with Crippen LogP contribution in [0.4, 0.5) is 0 Å². The second-order valence-electron chi connectivity index (χ2n) is 4.39. The predicted molar refractivity (Wildman–Crippen MR) is 67.8 cm³/mol. The molecule has 0 aromatic heterocycles. The minimum absolute atomic E-state index is 0.245. The Morgan fingerprint density at radius 2 is 1.78 bits per heavy atom. The van der Waals surface area contributed by atoms with Crippen molar-refractivity contribution in [2.24, 2.45) is 5.41 Å². The van der Waals surface area contributed by atoms with Gasteiger partial charge in [-0.15, -0.1) is 0 Å². The molecule has 0 N–H and O–H groups in total. The zero-order valence-electron chi connectivity index (χ0n) is 11.2. The minimum Gasteiger partial charge on any atom is -0.465 e. The summed E-state index contributed by atoms with van der Waals surface area (Å²) in [5.41, 5.74) is 0.546. The van der Waals surface area contributed by atoms with Crippen molar-refractivity contribution in [3.8, 4) is 0 Å². The SMILES string of the molecule is C=C1CC(C(=O)OCC)(C(=O)OCC)CC=C1C. The van der Waals surface area contributed by atoms with Crippen molar-refractivity contribution in [3.05, 3.63) is 23.8 Å². The average molecular weight is 252 g/mol. The van der Waals surface area contributed by atoms with Crippen LogP contribution in [0.3, 0.4) is 0 Å². The van der Waals surface area contributed by atoms with Gasteiger partial charge in [0.15, 0.2) is 5.41 Å². The quantitative estimate of drug-likeness (QED) is 0.569. The van der Waals surface area contributed by atoms with Crippen LogP contribution in [0.5, 0.6) is 0 Å². The van der Waals surface area contributed by atoms with Gasteiger partial charge in [0.25, 0.3) is 0 Å². The molecule has 1 aliphatic rings. The Morgan fingerprint density at radius 3 is 2.17 bits per heavy atom. The topological polar surface area (TPSA) is 52.6 Å². The van der Waals surface area contributed by atoms with E-state index in [0.29, 0.717) is 6.42 Å². The van der Waals surface area contributed by atoms with Gasteiger partial charge >= 0.3 is 11.9 Å². The van der Waals surface area contributed by atoms with Crippen LogP contribution in [0.15, 0.2) is 23.8 Å². The number of hydrogen-bond acceptors (Lipinski definition) is 4. The van der Waals surface area contributed by atoms with E-state index in [9.17, 15) is 9.59 Å². The highest BCUT2D eigenvalue weighted by Gasteiger charge is 2.49. The molecule has 0 unspecified atom stereocenters. The maximum Gasteiger partial charge on any atom is 0.324 e. The maximum absolute atomic E-state index is 12.1. The van der Waals surface area contributed by atoms with Crippen LogP contribution in [0.1, 0.15) is 33.6 Å². The molecule has 1 rings (SSSR count). The minimum atomic E-state index is -1.25. The Kier molecular flexibility index (Phi) is 4.70. The van der Waals surface area contributed by atoms with Crippen LogP contribution >= 0.6 is 0 Å². The van der Waals surface area contributed by atoms with Crippen molar-refractivity contribution >= 4 is 11.9 Å². The van der Waals surface area contributed by atoms with Crippen molar-refractivity contribution in [2.45, 2.75) is 33.6 Å². The third-order valence-electron chi connectivity index (χ3n) is 3.16. The lowest BCUT2D eigenvalue weighted by molar-refractivity contribution is -0.172. The first-order chi connectivity index (χ1) is 8.47. The summed E-state index contributed by atoms with van der Waals surface area (Å²) in [6.45, 7) is 9.74. The number of hydrogen-bond donors (Lipinski definition) is 0. The smallest absolute Gasteiger partial charge is 0.324 e. The van der Waals surface area contributed by atoms with Crippen LogP contribution in [-0.4, -0.2) is 25.2 Å². The summed E-state index contributed by atoms with van der Waals surface area (Å²) in [5.74, 6) is -1.04. The van der Waals surface area contributed by atoms with Crippen LogP contribution in [0.25, 0.3) is 0 Å².